The smallest absolute Gasteiger partial charge is 0.115 e. The molecule has 0 aromatic rings. The lowest BCUT2D eigenvalue weighted by Crippen LogP contribution is -2.59. The Morgan fingerprint density at radius 2 is 1.65 bits per heavy atom. The highest BCUT2D eigenvalue weighted by Crippen LogP contribution is 2.22. The monoisotopic (exact) mass is 383 g/mol. The highest BCUT2D eigenvalue weighted by Gasteiger charge is 2.43. The Balaban J connectivity index is 2.65. The maximum atomic E-state index is 10.1. The van der Waals surface area contributed by atoms with E-state index >= 15 is 0 Å². The first-order chi connectivity index (χ1) is 12.3. The Morgan fingerprint density at radius 3 is 2.19 bits per heavy atom. The van der Waals surface area contributed by atoms with Gasteiger partial charge < -0.3 is 50.3 Å². The zero-order valence-electron chi connectivity index (χ0n) is 14.4. The number of ether oxygens (including phenoxy) is 2. The highest BCUT2D eigenvalue weighted by atomic mass is 16.6. The first-order valence-corrected chi connectivity index (χ1v) is 8.24. The van der Waals surface area contributed by atoms with E-state index in [1.54, 1.807) is 0 Å². The number of aliphatic imine (C=N–C) groups is 1. The van der Waals surface area contributed by atoms with Gasteiger partial charge in [0.1, 0.15) is 36.6 Å². The minimum Gasteiger partial charge on any atom is -0.394 e. The van der Waals surface area contributed by atoms with Crippen LogP contribution in [-0.4, -0.2) is 129 Å². The Hall–Kier alpha value is -0.730. The standard InChI is InChI=1S/C15H29NO10/c1-16-2-8(19)12(21)7(9(20)3-17)5-25-6-11-14(23)15(24)13(22)10(4-18)26-11/h2,7-15,17-24H,3-6H2,1H3. The summed E-state index contributed by atoms with van der Waals surface area (Å²) in [6.07, 6.45) is -9.83. The average Bonchev–Trinajstić information content (AvgIpc) is 2.64. The topological polar surface area (TPSA) is 193 Å². The van der Waals surface area contributed by atoms with Gasteiger partial charge in [-0.3, -0.25) is 4.99 Å². The van der Waals surface area contributed by atoms with Crippen LogP contribution >= 0.6 is 0 Å². The van der Waals surface area contributed by atoms with Crippen molar-refractivity contribution in [1.82, 2.24) is 0 Å². The molecule has 11 nitrogen and oxygen atoms in total. The minimum absolute atomic E-state index is 0.291. The fourth-order valence-electron chi connectivity index (χ4n) is 2.70. The molecule has 1 heterocycles. The van der Waals surface area contributed by atoms with Crippen LogP contribution in [0.4, 0.5) is 0 Å². The molecule has 1 fully saturated rings. The second-order valence-corrected chi connectivity index (χ2v) is 6.21. The quantitative estimate of drug-likeness (QED) is 0.170. The van der Waals surface area contributed by atoms with Gasteiger partial charge in [0.25, 0.3) is 0 Å². The van der Waals surface area contributed by atoms with E-state index in [0.29, 0.717) is 0 Å². The number of aliphatic hydroxyl groups is 8. The molecule has 1 saturated heterocycles. The lowest BCUT2D eigenvalue weighted by Gasteiger charge is -2.40. The second-order valence-electron chi connectivity index (χ2n) is 6.21. The molecule has 8 N–H and O–H groups in total. The number of hydrogen-bond donors (Lipinski definition) is 8. The van der Waals surface area contributed by atoms with Crippen molar-refractivity contribution in [2.75, 3.05) is 33.5 Å². The summed E-state index contributed by atoms with van der Waals surface area (Å²) in [6, 6.07) is 0. The molecule has 154 valence electrons. The second kappa shape index (κ2) is 11.2. The third kappa shape index (κ3) is 5.89. The van der Waals surface area contributed by atoms with Crippen molar-refractivity contribution in [1.29, 1.82) is 0 Å². The van der Waals surface area contributed by atoms with Gasteiger partial charge in [-0.1, -0.05) is 0 Å². The summed E-state index contributed by atoms with van der Waals surface area (Å²) >= 11 is 0. The van der Waals surface area contributed by atoms with E-state index in [-0.39, 0.29) is 13.2 Å². The summed E-state index contributed by atoms with van der Waals surface area (Å²) in [7, 11) is 1.39. The number of hydrogen-bond acceptors (Lipinski definition) is 11. The molecule has 9 unspecified atom stereocenters. The fourth-order valence-corrected chi connectivity index (χ4v) is 2.70. The van der Waals surface area contributed by atoms with Crippen molar-refractivity contribution < 1.29 is 50.3 Å². The van der Waals surface area contributed by atoms with Crippen LogP contribution in [0.3, 0.4) is 0 Å². The Labute approximate surface area is 150 Å². The summed E-state index contributed by atoms with van der Waals surface area (Å²) in [4.78, 5) is 3.57. The van der Waals surface area contributed by atoms with Gasteiger partial charge in [-0.2, -0.15) is 0 Å². The van der Waals surface area contributed by atoms with Crippen molar-refractivity contribution in [3.8, 4) is 0 Å². The first-order valence-electron chi connectivity index (χ1n) is 8.24. The summed E-state index contributed by atoms with van der Waals surface area (Å²) in [5.41, 5.74) is 0. The van der Waals surface area contributed by atoms with Crippen LogP contribution in [0.2, 0.25) is 0 Å². The summed E-state index contributed by atoms with van der Waals surface area (Å²) < 4.78 is 10.6. The van der Waals surface area contributed by atoms with Gasteiger partial charge in [-0.15, -0.1) is 0 Å². The first kappa shape index (κ1) is 23.3. The van der Waals surface area contributed by atoms with Crippen LogP contribution in [0.1, 0.15) is 0 Å². The van der Waals surface area contributed by atoms with Gasteiger partial charge in [0.15, 0.2) is 0 Å². The van der Waals surface area contributed by atoms with Crippen molar-refractivity contribution >= 4 is 6.21 Å². The predicted octanol–water partition coefficient (Wildman–Crippen LogP) is -4.76. The molecule has 26 heavy (non-hydrogen) atoms. The molecule has 0 bridgehead atoms. The van der Waals surface area contributed by atoms with Crippen molar-refractivity contribution in [2.45, 2.75) is 48.8 Å². The molecule has 0 amide bonds. The average molecular weight is 383 g/mol. The van der Waals surface area contributed by atoms with Crippen LogP contribution in [0.15, 0.2) is 4.99 Å². The van der Waals surface area contributed by atoms with Gasteiger partial charge >= 0.3 is 0 Å². The molecule has 0 spiro atoms. The van der Waals surface area contributed by atoms with Gasteiger partial charge in [0.2, 0.25) is 0 Å². The van der Waals surface area contributed by atoms with Crippen LogP contribution in [0.25, 0.3) is 0 Å². The maximum absolute atomic E-state index is 10.1. The lowest BCUT2D eigenvalue weighted by atomic mass is 9.93. The summed E-state index contributed by atoms with van der Waals surface area (Å²) in [5.74, 6) is -1.07. The van der Waals surface area contributed by atoms with Gasteiger partial charge in [0.05, 0.1) is 38.6 Å². The number of nitrogens with zero attached hydrogens (tertiary/aromatic N) is 1. The SMILES string of the molecule is CN=CC(O)C(O)C(COCC1OC(CO)C(O)C(O)C1O)C(O)CO. The van der Waals surface area contributed by atoms with E-state index in [9.17, 15) is 30.6 Å². The van der Waals surface area contributed by atoms with E-state index in [4.69, 9.17) is 19.7 Å². The van der Waals surface area contributed by atoms with E-state index in [1.807, 2.05) is 0 Å². The maximum Gasteiger partial charge on any atom is 0.115 e. The molecule has 0 saturated carbocycles. The fraction of sp³-hybridized carbons (Fsp3) is 0.933. The van der Waals surface area contributed by atoms with E-state index in [1.165, 1.54) is 7.05 Å². The molecule has 1 aliphatic heterocycles. The third-order valence-corrected chi connectivity index (χ3v) is 4.36. The van der Waals surface area contributed by atoms with Crippen LogP contribution in [0, 0.1) is 5.92 Å². The van der Waals surface area contributed by atoms with Crippen molar-refractivity contribution in [2.24, 2.45) is 10.9 Å². The van der Waals surface area contributed by atoms with Gasteiger partial charge in [-0.25, -0.2) is 0 Å². The van der Waals surface area contributed by atoms with Crippen molar-refractivity contribution in [3.05, 3.63) is 0 Å². The normalized spacial score (nSPS) is 34.6. The van der Waals surface area contributed by atoms with E-state index < -0.39 is 68.0 Å². The summed E-state index contributed by atoms with van der Waals surface area (Å²) in [6.45, 7) is -1.86. The van der Waals surface area contributed by atoms with Gasteiger partial charge in [0, 0.05) is 19.2 Å². The van der Waals surface area contributed by atoms with E-state index in [2.05, 4.69) is 4.99 Å². The van der Waals surface area contributed by atoms with Crippen LogP contribution in [0.5, 0.6) is 0 Å². The molecule has 0 radical (unpaired) electrons. The molecular formula is C15H29NO10. The van der Waals surface area contributed by atoms with Crippen LogP contribution < -0.4 is 0 Å². The Kier molecular flexibility index (Phi) is 10.0. The van der Waals surface area contributed by atoms with Crippen molar-refractivity contribution in [3.63, 3.8) is 0 Å². The summed E-state index contributed by atoms with van der Waals surface area (Å²) in [5, 5.41) is 77.2. The Bertz CT molecular complexity index is 423. The molecule has 0 aromatic carbocycles. The van der Waals surface area contributed by atoms with Crippen LogP contribution in [-0.2, 0) is 9.47 Å². The largest absolute Gasteiger partial charge is 0.394 e. The third-order valence-electron chi connectivity index (χ3n) is 4.36. The zero-order valence-corrected chi connectivity index (χ0v) is 14.4. The molecule has 1 rings (SSSR count). The molecular weight excluding hydrogens is 354 g/mol. The zero-order chi connectivity index (χ0) is 19.9. The molecule has 0 aliphatic carbocycles. The molecule has 9 atom stereocenters. The number of rotatable bonds is 10. The lowest BCUT2D eigenvalue weighted by molar-refractivity contribution is -0.240. The molecule has 1 aliphatic rings. The number of aliphatic hydroxyl groups excluding tert-OH is 8. The van der Waals surface area contributed by atoms with Gasteiger partial charge in [-0.05, 0) is 0 Å². The molecule has 11 heteroatoms. The minimum atomic E-state index is -1.54. The Morgan fingerprint density at radius 1 is 1.04 bits per heavy atom. The predicted molar refractivity (Wildman–Crippen MR) is 87.6 cm³/mol. The van der Waals surface area contributed by atoms with E-state index in [0.717, 1.165) is 6.21 Å². The highest BCUT2D eigenvalue weighted by molar-refractivity contribution is 5.63. The molecule has 0 aromatic heterocycles.